The van der Waals surface area contributed by atoms with Gasteiger partial charge in [-0.25, -0.2) is 0 Å². The molecular weight excluding hydrogens is 292 g/mol. The van der Waals surface area contributed by atoms with Crippen LogP contribution < -0.4 is 10.1 Å². The van der Waals surface area contributed by atoms with Crippen molar-refractivity contribution in [3.63, 3.8) is 0 Å². The van der Waals surface area contributed by atoms with E-state index in [0.29, 0.717) is 6.54 Å². The molecule has 2 aromatic rings. The van der Waals surface area contributed by atoms with Gasteiger partial charge in [0.05, 0.1) is 12.8 Å². The number of aryl methyl sites for hydroxylation is 1. The van der Waals surface area contributed by atoms with E-state index in [2.05, 4.69) is 39.2 Å². The Hall–Kier alpha value is -1.55. The minimum Gasteiger partial charge on any atom is -0.495 e. The van der Waals surface area contributed by atoms with Crippen molar-refractivity contribution in [2.45, 2.75) is 13.5 Å². The summed E-state index contributed by atoms with van der Waals surface area (Å²) in [7, 11) is 1.68. The third kappa shape index (κ3) is 3.23. The average Bonchev–Trinajstić information content (AvgIpc) is 2.37. The van der Waals surface area contributed by atoms with Gasteiger partial charge in [-0.1, -0.05) is 6.07 Å². The molecule has 0 saturated heterocycles. The molecule has 1 aromatic carbocycles. The fourth-order valence-electron chi connectivity index (χ4n) is 1.71. The number of halogens is 1. The van der Waals surface area contributed by atoms with Crippen LogP contribution in [0.5, 0.6) is 5.75 Å². The van der Waals surface area contributed by atoms with Gasteiger partial charge in [-0.05, 0) is 52.2 Å². The lowest BCUT2D eigenvalue weighted by molar-refractivity contribution is 0.416. The molecule has 0 bridgehead atoms. The minimum absolute atomic E-state index is 0.715. The van der Waals surface area contributed by atoms with Gasteiger partial charge in [-0.2, -0.15) is 0 Å². The van der Waals surface area contributed by atoms with Crippen LogP contribution in [0.2, 0.25) is 0 Å². The first-order chi connectivity index (χ1) is 8.69. The van der Waals surface area contributed by atoms with Gasteiger partial charge in [-0.15, -0.1) is 0 Å². The fourth-order valence-corrected chi connectivity index (χ4v) is 2.12. The second-order valence-electron chi connectivity index (χ2n) is 4.07. The Morgan fingerprint density at radius 1 is 1.28 bits per heavy atom. The molecule has 3 nitrogen and oxygen atoms in total. The van der Waals surface area contributed by atoms with Crippen LogP contribution in [0.3, 0.4) is 0 Å². The summed E-state index contributed by atoms with van der Waals surface area (Å²) < 4.78 is 6.31. The highest BCUT2D eigenvalue weighted by Crippen LogP contribution is 2.25. The van der Waals surface area contributed by atoms with Gasteiger partial charge in [-0.3, -0.25) is 4.98 Å². The predicted octanol–water partition coefficient (Wildman–Crippen LogP) is 3.77. The molecule has 0 fully saturated rings. The number of pyridine rings is 1. The van der Waals surface area contributed by atoms with E-state index < -0.39 is 0 Å². The van der Waals surface area contributed by atoms with Gasteiger partial charge < -0.3 is 10.1 Å². The highest BCUT2D eigenvalue weighted by Gasteiger charge is 2.03. The lowest BCUT2D eigenvalue weighted by Crippen LogP contribution is -2.02. The molecule has 0 aliphatic carbocycles. The molecule has 0 amide bonds. The molecule has 18 heavy (non-hydrogen) atoms. The summed E-state index contributed by atoms with van der Waals surface area (Å²) in [5.41, 5.74) is 3.32. The summed E-state index contributed by atoms with van der Waals surface area (Å²) in [5, 5.41) is 3.36. The second-order valence-corrected chi connectivity index (χ2v) is 4.98. The van der Waals surface area contributed by atoms with Crippen molar-refractivity contribution in [2.24, 2.45) is 0 Å². The Labute approximate surface area is 115 Å². The molecule has 0 spiro atoms. The largest absolute Gasteiger partial charge is 0.495 e. The first-order valence-electron chi connectivity index (χ1n) is 5.67. The molecule has 0 atom stereocenters. The first kappa shape index (κ1) is 12.9. The number of nitrogens with zero attached hydrogens (tertiary/aromatic N) is 1. The minimum atomic E-state index is 0.715. The van der Waals surface area contributed by atoms with Gasteiger partial charge in [0.1, 0.15) is 5.75 Å². The number of hydrogen-bond acceptors (Lipinski definition) is 3. The van der Waals surface area contributed by atoms with Crippen molar-refractivity contribution >= 4 is 21.6 Å². The average molecular weight is 307 g/mol. The third-order valence-electron chi connectivity index (χ3n) is 2.60. The summed E-state index contributed by atoms with van der Waals surface area (Å²) >= 11 is 3.41. The number of aromatic nitrogens is 1. The zero-order valence-electron chi connectivity index (χ0n) is 10.4. The summed E-state index contributed by atoms with van der Waals surface area (Å²) in [6.45, 7) is 2.78. The third-order valence-corrected chi connectivity index (χ3v) is 3.03. The van der Waals surface area contributed by atoms with Crippen LogP contribution in [0, 0.1) is 6.92 Å². The lowest BCUT2D eigenvalue weighted by atomic mass is 10.2. The maximum Gasteiger partial charge on any atom is 0.141 e. The number of benzene rings is 1. The highest BCUT2D eigenvalue weighted by atomic mass is 79.9. The van der Waals surface area contributed by atoms with Gasteiger partial charge in [0.15, 0.2) is 0 Å². The van der Waals surface area contributed by atoms with Crippen LogP contribution in [0.25, 0.3) is 0 Å². The first-order valence-corrected chi connectivity index (χ1v) is 6.46. The number of nitrogens with one attached hydrogen (secondary N) is 1. The molecule has 0 radical (unpaired) electrons. The molecule has 4 heteroatoms. The second kappa shape index (κ2) is 5.87. The van der Waals surface area contributed by atoms with Gasteiger partial charge >= 0.3 is 0 Å². The summed E-state index contributed by atoms with van der Waals surface area (Å²) in [4.78, 5) is 4.14. The quantitative estimate of drug-likeness (QED) is 0.933. The Morgan fingerprint density at radius 3 is 2.83 bits per heavy atom. The Morgan fingerprint density at radius 2 is 2.11 bits per heavy atom. The van der Waals surface area contributed by atoms with Crippen molar-refractivity contribution in [3.05, 3.63) is 52.3 Å². The number of rotatable bonds is 4. The van der Waals surface area contributed by atoms with Crippen LogP contribution >= 0.6 is 15.9 Å². The molecule has 0 unspecified atom stereocenters. The van der Waals surface area contributed by atoms with Crippen LogP contribution in [-0.2, 0) is 6.54 Å². The zero-order chi connectivity index (χ0) is 13.0. The molecule has 0 saturated carbocycles. The van der Waals surface area contributed by atoms with E-state index in [-0.39, 0.29) is 0 Å². The molecule has 1 aromatic heterocycles. The van der Waals surface area contributed by atoms with E-state index >= 15 is 0 Å². The Balaban J connectivity index is 2.12. The molecule has 2 rings (SSSR count). The van der Waals surface area contributed by atoms with E-state index in [1.165, 1.54) is 5.56 Å². The molecule has 0 aliphatic heterocycles. The summed E-state index contributed by atoms with van der Waals surface area (Å²) in [6, 6.07) is 8.12. The fraction of sp³-hybridized carbons (Fsp3) is 0.214. The van der Waals surface area contributed by atoms with Crippen LogP contribution in [0.4, 0.5) is 5.69 Å². The van der Waals surface area contributed by atoms with Gasteiger partial charge in [0.2, 0.25) is 0 Å². The maximum atomic E-state index is 5.33. The molecular formula is C14H15BrN2O. The van der Waals surface area contributed by atoms with Crippen LogP contribution in [0.15, 0.2) is 41.1 Å². The Kier molecular flexibility index (Phi) is 4.20. The molecule has 94 valence electrons. The number of ether oxygens (including phenoxy) is 1. The van der Waals surface area contributed by atoms with E-state index in [4.69, 9.17) is 4.74 Å². The van der Waals surface area contributed by atoms with Crippen molar-refractivity contribution < 1.29 is 4.74 Å². The highest BCUT2D eigenvalue weighted by molar-refractivity contribution is 9.10. The van der Waals surface area contributed by atoms with Gasteiger partial charge in [0, 0.05) is 23.4 Å². The van der Waals surface area contributed by atoms with Crippen molar-refractivity contribution in [3.8, 4) is 5.75 Å². The number of methoxy groups -OCH3 is 1. The predicted molar refractivity (Wildman–Crippen MR) is 77.0 cm³/mol. The lowest BCUT2D eigenvalue weighted by Gasteiger charge is -2.12. The van der Waals surface area contributed by atoms with E-state index in [1.807, 2.05) is 24.4 Å². The van der Waals surface area contributed by atoms with Crippen molar-refractivity contribution in [1.82, 2.24) is 4.98 Å². The molecule has 1 heterocycles. The topological polar surface area (TPSA) is 34.1 Å². The van der Waals surface area contributed by atoms with Gasteiger partial charge in [0.25, 0.3) is 0 Å². The van der Waals surface area contributed by atoms with Crippen molar-refractivity contribution in [1.29, 1.82) is 0 Å². The van der Waals surface area contributed by atoms with Crippen LogP contribution in [-0.4, -0.2) is 12.1 Å². The van der Waals surface area contributed by atoms with E-state index in [0.717, 1.165) is 21.5 Å². The summed E-state index contributed by atoms with van der Waals surface area (Å²) in [5.74, 6) is 0.851. The number of hydrogen-bond donors (Lipinski definition) is 1. The maximum absolute atomic E-state index is 5.33. The Bertz CT molecular complexity index is 543. The van der Waals surface area contributed by atoms with Crippen LogP contribution in [0.1, 0.15) is 11.1 Å². The molecule has 1 N–H and O–H groups in total. The monoisotopic (exact) mass is 306 g/mol. The summed E-state index contributed by atoms with van der Waals surface area (Å²) in [6.07, 6.45) is 3.62. The van der Waals surface area contributed by atoms with E-state index in [1.54, 1.807) is 13.3 Å². The zero-order valence-corrected chi connectivity index (χ0v) is 12.0. The smallest absolute Gasteiger partial charge is 0.141 e. The van der Waals surface area contributed by atoms with Crippen molar-refractivity contribution in [2.75, 3.05) is 12.4 Å². The molecule has 0 aliphatic rings. The number of anilines is 1. The normalized spacial score (nSPS) is 10.2. The van der Waals surface area contributed by atoms with E-state index in [9.17, 15) is 0 Å². The standard InChI is InChI=1S/C14H15BrN2O/c1-10-3-4-14(18-2)13(5-10)17-8-11-6-12(15)9-16-7-11/h3-7,9,17H,8H2,1-2H3. The SMILES string of the molecule is COc1ccc(C)cc1NCc1cncc(Br)c1.